The van der Waals surface area contributed by atoms with Gasteiger partial charge in [0, 0.05) is 37.1 Å². The SMILES string of the molecule is O=C(NCCN1CCOCC1)[C@H]1C[C@@H](O)[C@H](O)[C@@H]2N=C(Nc3cccc(C(F)(F)F)c3)S[C@@H]21. The van der Waals surface area contributed by atoms with E-state index in [1.807, 2.05) is 0 Å². The zero-order valence-electron chi connectivity index (χ0n) is 17.8. The molecule has 0 radical (unpaired) electrons. The first-order valence-corrected chi connectivity index (χ1v) is 11.7. The number of aliphatic imine (C=N–C) groups is 1. The van der Waals surface area contributed by atoms with Crippen molar-refractivity contribution >= 4 is 28.5 Å². The topological polar surface area (TPSA) is 106 Å². The summed E-state index contributed by atoms with van der Waals surface area (Å²) in [6.07, 6.45) is -6.65. The molecule has 1 aliphatic carbocycles. The van der Waals surface area contributed by atoms with Crippen LogP contribution in [0.15, 0.2) is 29.3 Å². The number of aliphatic hydroxyl groups is 2. The number of thioether (sulfide) groups is 1. The van der Waals surface area contributed by atoms with Gasteiger partial charge in [-0.2, -0.15) is 13.2 Å². The zero-order valence-corrected chi connectivity index (χ0v) is 18.6. The van der Waals surface area contributed by atoms with Crippen molar-refractivity contribution in [3.63, 3.8) is 0 Å². The van der Waals surface area contributed by atoms with Gasteiger partial charge in [0.2, 0.25) is 5.91 Å². The van der Waals surface area contributed by atoms with Gasteiger partial charge in [-0.1, -0.05) is 17.8 Å². The van der Waals surface area contributed by atoms with E-state index in [0.29, 0.717) is 31.5 Å². The Hall–Kier alpha value is -1.86. The maximum atomic E-state index is 13.0. The molecule has 0 aromatic heterocycles. The number of ether oxygens (including phenoxy) is 1. The molecular formula is C21H27F3N4O4S. The number of aliphatic hydroxyl groups excluding tert-OH is 2. The minimum Gasteiger partial charge on any atom is -0.390 e. The normalized spacial score (nSPS) is 30.5. The summed E-state index contributed by atoms with van der Waals surface area (Å²) in [4.78, 5) is 19.5. The number of amidine groups is 1. The molecule has 3 aliphatic rings. The van der Waals surface area contributed by atoms with Gasteiger partial charge in [0.15, 0.2) is 5.17 Å². The Morgan fingerprint density at radius 3 is 2.76 bits per heavy atom. The van der Waals surface area contributed by atoms with Crippen LogP contribution in [0.2, 0.25) is 0 Å². The summed E-state index contributed by atoms with van der Waals surface area (Å²) in [5, 5.41) is 26.4. The lowest BCUT2D eigenvalue weighted by Gasteiger charge is -2.37. The van der Waals surface area contributed by atoms with Gasteiger partial charge in [-0.05, 0) is 24.6 Å². The van der Waals surface area contributed by atoms with E-state index >= 15 is 0 Å². The number of benzene rings is 1. The average molecular weight is 489 g/mol. The van der Waals surface area contributed by atoms with Crippen molar-refractivity contribution in [3.05, 3.63) is 29.8 Å². The highest BCUT2D eigenvalue weighted by Crippen LogP contribution is 2.41. The van der Waals surface area contributed by atoms with Gasteiger partial charge in [-0.25, -0.2) is 0 Å². The Kier molecular flexibility index (Phi) is 7.49. The van der Waals surface area contributed by atoms with Crippen molar-refractivity contribution in [3.8, 4) is 0 Å². The van der Waals surface area contributed by atoms with Gasteiger partial charge in [-0.3, -0.25) is 14.7 Å². The Bertz CT molecular complexity index is 881. The molecule has 5 atom stereocenters. The molecule has 1 aromatic rings. The Morgan fingerprint density at radius 2 is 2.03 bits per heavy atom. The monoisotopic (exact) mass is 488 g/mol. The molecule has 33 heavy (non-hydrogen) atoms. The number of hydrogen-bond acceptors (Lipinski definition) is 8. The molecule has 2 aliphatic heterocycles. The van der Waals surface area contributed by atoms with Crippen LogP contribution in [0.4, 0.5) is 18.9 Å². The number of morpholine rings is 1. The van der Waals surface area contributed by atoms with Crippen LogP contribution < -0.4 is 10.6 Å². The van der Waals surface area contributed by atoms with Gasteiger partial charge in [-0.15, -0.1) is 0 Å². The first kappa shape index (κ1) is 24.3. The molecule has 1 aromatic carbocycles. The number of carbonyl (C=O) groups excluding carboxylic acids is 1. The largest absolute Gasteiger partial charge is 0.416 e. The molecule has 2 fully saturated rings. The number of amides is 1. The van der Waals surface area contributed by atoms with Gasteiger partial charge in [0.1, 0.15) is 6.10 Å². The van der Waals surface area contributed by atoms with Crippen LogP contribution in [0.3, 0.4) is 0 Å². The predicted octanol–water partition coefficient (Wildman–Crippen LogP) is 1.15. The fourth-order valence-corrected chi connectivity index (χ4v) is 5.68. The van der Waals surface area contributed by atoms with E-state index in [4.69, 9.17) is 4.74 Å². The highest BCUT2D eigenvalue weighted by molar-refractivity contribution is 8.15. The van der Waals surface area contributed by atoms with Gasteiger partial charge >= 0.3 is 6.18 Å². The van der Waals surface area contributed by atoms with Crippen LogP contribution in [-0.4, -0.2) is 89.1 Å². The minimum absolute atomic E-state index is 0.0884. The second-order valence-corrected chi connectivity index (χ2v) is 9.52. The third kappa shape index (κ3) is 5.80. The quantitative estimate of drug-likeness (QED) is 0.493. The van der Waals surface area contributed by atoms with Gasteiger partial charge < -0.3 is 25.6 Å². The molecule has 0 spiro atoms. The standard InChI is InChI=1S/C21H27F3N4O4S/c22-21(23,24)12-2-1-3-13(10-12)26-20-27-16-17(30)15(29)11-14(18(16)33-20)19(31)25-4-5-28-6-8-32-9-7-28/h1-3,10,14-18,29-30H,4-9,11H2,(H,25,31)(H,26,27)/t14-,15+,16-,17-,18+/m0/s1. The van der Waals surface area contributed by atoms with Crippen molar-refractivity contribution in [2.24, 2.45) is 10.9 Å². The number of fused-ring (bicyclic) bond motifs is 1. The second kappa shape index (κ2) is 10.2. The number of halogens is 3. The summed E-state index contributed by atoms with van der Waals surface area (Å²) in [5.41, 5.74) is -0.585. The fourth-order valence-electron chi connectivity index (χ4n) is 4.30. The highest BCUT2D eigenvalue weighted by Gasteiger charge is 2.50. The molecule has 2 heterocycles. The van der Waals surface area contributed by atoms with Crippen molar-refractivity contribution in [1.82, 2.24) is 10.2 Å². The molecule has 1 saturated heterocycles. The molecule has 4 N–H and O–H groups in total. The summed E-state index contributed by atoms with van der Waals surface area (Å²) >= 11 is 1.21. The van der Waals surface area contributed by atoms with Gasteiger partial charge in [0.05, 0.1) is 36.8 Å². The molecule has 1 amide bonds. The second-order valence-electron chi connectivity index (χ2n) is 8.36. The van der Waals surface area contributed by atoms with E-state index in [2.05, 4.69) is 20.5 Å². The molecule has 4 rings (SSSR count). The summed E-state index contributed by atoms with van der Waals surface area (Å²) < 4.78 is 44.3. The smallest absolute Gasteiger partial charge is 0.390 e. The average Bonchev–Trinajstić information content (AvgIpc) is 3.20. The fraction of sp³-hybridized carbons (Fsp3) is 0.619. The lowest BCUT2D eigenvalue weighted by Crippen LogP contribution is -2.54. The van der Waals surface area contributed by atoms with Crippen LogP contribution in [0.1, 0.15) is 12.0 Å². The first-order chi connectivity index (χ1) is 15.7. The maximum Gasteiger partial charge on any atom is 0.416 e. The Morgan fingerprint density at radius 1 is 1.27 bits per heavy atom. The zero-order chi connectivity index (χ0) is 23.6. The third-order valence-corrected chi connectivity index (χ3v) is 7.41. The summed E-state index contributed by atoms with van der Waals surface area (Å²) in [7, 11) is 0. The lowest BCUT2D eigenvalue weighted by molar-refractivity contribution is -0.137. The Labute approximate surface area is 193 Å². The van der Waals surface area contributed by atoms with Crippen molar-refractivity contribution in [2.45, 2.75) is 36.1 Å². The van der Waals surface area contributed by atoms with Crippen LogP contribution in [0.5, 0.6) is 0 Å². The van der Waals surface area contributed by atoms with E-state index in [9.17, 15) is 28.2 Å². The van der Waals surface area contributed by atoms with Crippen LogP contribution in [-0.2, 0) is 15.7 Å². The number of alkyl halides is 3. The summed E-state index contributed by atoms with van der Waals surface area (Å²) in [6.45, 7) is 4.09. The number of rotatable bonds is 5. The third-order valence-electron chi connectivity index (χ3n) is 6.10. The Balaban J connectivity index is 1.39. The number of hydrogen-bond donors (Lipinski definition) is 4. The molecule has 8 nitrogen and oxygen atoms in total. The molecule has 182 valence electrons. The number of carbonyl (C=O) groups is 1. The minimum atomic E-state index is -4.47. The van der Waals surface area contributed by atoms with Gasteiger partial charge in [0.25, 0.3) is 0 Å². The van der Waals surface area contributed by atoms with Crippen molar-refractivity contribution < 1.29 is 32.9 Å². The van der Waals surface area contributed by atoms with E-state index in [0.717, 1.165) is 25.2 Å². The van der Waals surface area contributed by atoms with E-state index in [1.54, 1.807) is 0 Å². The molecule has 1 saturated carbocycles. The highest BCUT2D eigenvalue weighted by atomic mass is 32.2. The van der Waals surface area contributed by atoms with E-state index in [-0.39, 0.29) is 18.0 Å². The summed E-state index contributed by atoms with van der Waals surface area (Å²) in [6, 6.07) is 4.00. The van der Waals surface area contributed by atoms with Crippen LogP contribution in [0.25, 0.3) is 0 Å². The molecule has 0 unspecified atom stereocenters. The number of nitrogens with one attached hydrogen (secondary N) is 2. The van der Waals surface area contributed by atoms with Crippen LogP contribution >= 0.6 is 11.8 Å². The van der Waals surface area contributed by atoms with Crippen LogP contribution in [0, 0.1) is 5.92 Å². The number of nitrogens with zero attached hydrogens (tertiary/aromatic N) is 2. The van der Waals surface area contributed by atoms with Crippen molar-refractivity contribution in [2.75, 3.05) is 44.7 Å². The maximum absolute atomic E-state index is 13.0. The molecule has 12 heteroatoms. The molecule has 0 bridgehead atoms. The van der Waals surface area contributed by atoms with Crippen molar-refractivity contribution in [1.29, 1.82) is 0 Å². The lowest BCUT2D eigenvalue weighted by atomic mass is 9.81. The summed E-state index contributed by atoms with van der Waals surface area (Å²) in [5.74, 6) is -0.820. The number of anilines is 1. The van der Waals surface area contributed by atoms with E-state index in [1.165, 1.54) is 23.9 Å². The van der Waals surface area contributed by atoms with E-state index < -0.39 is 41.2 Å². The molecular weight excluding hydrogens is 461 g/mol. The predicted molar refractivity (Wildman–Crippen MR) is 118 cm³/mol. The first-order valence-electron chi connectivity index (χ1n) is 10.8.